The van der Waals surface area contributed by atoms with E-state index in [4.69, 9.17) is 0 Å². The van der Waals surface area contributed by atoms with Gasteiger partial charge in [-0.3, -0.25) is 4.79 Å². The number of unbranched alkanes of at least 4 members (excludes halogenated alkanes) is 2. The van der Waals surface area contributed by atoms with E-state index in [1.54, 1.807) is 0 Å². The maximum Gasteiger partial charge on any atom is 0.236 e. The molecule has 94 valence electrons. The van der Waals surface area contributed by atoms with Crippen LogP contribution in [0.2, 0.25) is 0 Å². The first-order valence-electron chi connectivity index (χ1n) is 6.75. The van der Waals surface area contributed by atoms with Crippen molar-refractivity contribution in [3.8, 4) is 0 Å². The lowest BCUT2D eigenvalue weighted by atomic mass is 10.2. The lowest BCUT2D eigenvalue weighted by Crippen LogP contribution is -2.42. The Morgan fingerprint density at radius 3 is 2.69 bits per heavy atom. The molecule has 0 radical (unpaired) electrons. The first-order valence-corrected chi connectivity index (χ1v) is 6.75. The van der Waals surface area contributed by atoms with Gasteiger partial charge >= 0.3 is 0 Å². The van der Waals surface area contributed by atoms with E-state index < -0.39 is 0 Å². The topological polar surface area (TPSA) is 41.1 Å². The molecule has 2 N–H and O–H groups in total. The number of hydrogen-bond donors (Lipinski definition) is 2. The zero-order valence-corrected chi connectivity index (χ0v) is 10.7. The van der Waals surface area contributed by atoms with E-state index in [-0.39, 0.29) is 11.9 Å². The summed E-state index contributed by atoms with van der Waals surface area (Å²) < 4.78 is 0. The van der Waals surface area contributed by atoms with Crippen molar-refractivity contribution in [2.45, 2.75) is 58.4 Å². The van der Waals surface area contributed by atoms with Crippen molar-refractivity contribution in [3.63, 3.8) is 0 Å². The Morgan fingerprint density at radius 2 is 2.06 bits per heavy atom. The van der Waals surface area contributed by atoms with Crippen LogP contribution in [-0.2, 0) is 4.79 Å². The Morgan fingerprint density at radius 1 is 1.31 bits per heavy atom. The van der Waals surface area contributed by atoms with Crippen LogP contribution in [0.5, 0.6) is 0 Å². The maximum atomic E-state index is 11.6. The van der Waals surface area contributed by atoms with Crippen LogP contribution < -0.4 is 10.6 Å². The summed E-state index contributed by atoms with van der Waals surface area (Å²) >= 11 is 0. The zero-order valence-electron chi connectivity index (χ0n) is 10.7. The van der Waals surface area contributed by atoms with Gasteiger partial charge in [-0.05, 0) is 32.2 Å². The molecule has 1 saturated carbocycles. The van der Waals surface area contributed by atoms with Crippen molar-refractivity contribution in [1.29, 1.82) is 0 Å². The molecule has 16 heavy (non-hydrogen) atoms. The maximum absolute atomic E-state index is 11.6. The molecule has 0 aromatic carbocycles. The van der Waals surface area contributed by atoms with Gasteiger partial charge in [-0.25, -0.2) is 0 Å². The third kappa shape index (κ3) is 6.11. The third-order valence-electron chi connectivity index (χ3n) is 3.17. The van der Waals surface area contributed by atoms with Crippen molar-refractivity contribution in [2.24, 2.45) is 5.92 Å². The van der Waals surface area contributed by atoms with Gasteiger partial charge in [-0.15, -0.1) is 0 Å². The molecule has 0 spiro atoms. The Hall–Kier alpha value is -0.570. The van der Waals surface area contributed by atoms with Gasteiger partial charge in [0.1, 0.15) is 0 Å². The summed E-state index contributed by atoms with van der Waals surface area (Å²) in [4.78, 5) is 11.6. The van der Waals surface area contributed by atoms with Crippen LogP contribution in [0.1, 0.15) is 52.4 Å². The highest BCUT2D eigenvalue weighted by Gasteiger charge is 2.21. The van der Waals surface area contributed by atoms with Gasteiger partial charge in [0.2, 0.25) is 5.91 Å². The highest BCUT2D eigenvalue weighted by atomic mass is 16.2. The summed E-state index contributed by atoms with van der Waals surface area (Å²) in [5.41, 5.74) is 0. The summed E-state index contributed by atoms with van der Waals surface area (Å²) in [6.45, 7) is 5.92. The van der Waals surface area contributed by atoms with Crippen molar-refractivity contribution in [1.82, 2.24) is 10.6 Å². The van der Waals surface area contributed by atoms with Crippen LogP contribution >= 0.6 is 0 Å². The molecule has 1 fully saturated rings. The van der Waals surface area contributed by atoms with Gasteiger partial charge in [0.25, 0.3) is 0 Å². The first kappa shape index (κ1) is 13.5. The molecule has 3 nitrogen and oxygen atoms in total. The van der Waals surface area contributed by atoms with Crippen molar-refractivity contribution in [3.05, 3.63) is 0 Å². The lowest BCUT2D eigenvalue weighted by molar-refractivity contribution is -0.122. The van der Waals surface area contributed by atoms with E-state index in [9.17, 15) is 4.79 Å². The highest BCUT2D eigenvalue weighted by molar-refractivity contribution is 5.81. The average Bonchev–Trinajstić information content (AvgIpc) is 3.08. The summed E-state index contributed by atoms with van der Waals surface area (Å²) in [5, 5.41) is 6.25. The van der Waals surface area contributed by atoms with Crippen LogP contribution in [-0.4, -0.2) is 25.0 Å². The fourth-order valence-electron chi connectivity index (χ4n) is 1.74. The Kier molecular flexibility index (Phi) is 6.46. The second-order valence-corrected chi connectivity index (χ2v) is 4.91. The monoisotopic (exact) mass is 226 g/mol. The minimum absolute atomic E-state index is 0.0413. The van der Waals surface area contributed by atoms with Crippen LogP contribution in [0, 0.1) is 5.92 Å². The Bertz CT molecular complexity index is 202. The van der Waals surface area contributed by atoms with Crippen LogP contribution in [0.25, 0.3) is 0 Å². The number of nitrogens with one attached hydrogen (secondary N) is 2. The van der Waals surface area contributed by atoms with Crippen LogP contribution in [0.15, 0.2) is 0 Å². The molecule has 0 aromatic rings. The van der Waals surface area contributed by atoms with Gasteiger partial charge in [0.15, 0.2) is 0 Å². The van der Waals surface area contributed by atoms with E-state index in [0.29, 0.717) is 0 Å². The molecule has 0 aromatic heterocycles. The fraction of sp³-hybridized carbons (Fsp3) is 0.923. The molecule has 0 saturated heterocycles. The molecule has 1 rings (SSSR count). The van der Waals surface area contributed by atoms with Gasteiger partial charge in [0.05, 0.1) is 6.04 Å². The van der Waals surface area contributed by atoms with Crippen molar-refractivity contribution in [2.75, 3.05) is 13.1 Å². The molecular weight excluding hydrogens is 200 g/mol. The Labute approximate surface area is 99.4 Å². The largest absolute Gasteiger partial charge is 0.355 e. The SMILES string of the molecule is CCCCCNC(=O)C(C)NCCC1CC1. The summed E-state index contributed by atoms with van der Waals surface area (Å²) in [7, 11) is 0. The summed E-state index contributed by atoms with van der Waals surface area (Å²) in [6.07, 6.45) is 7.50. The molecule has 0 bridgehead atoms. The fourth-order valence-corrected chi connectivity index (χ4v) is 1.74. The molecular formula is C13H26N2O. The number of carbonyl (C=O) groups is 1. The summed E-state index contributed by atoms with van der Waals surface area (Å²) in [5.74, 6) is 1.08. The van der Waals surface area contributed by atoms with Gasteiger partial charge < -0.3 is 10.6 Å². The molecule has 1 aliphatic carbocycles. The normalized spacial score (nSPS) is 17.1. The second-order valence-electron chi connectivity index (χ2n) is 4.91. The van der Waals surface area contributed by atoms with Gasteiger partial charge in [-0.1, -0.05) is 32.6 Å². The predicted molar refractivity (Wildman–Crippen MR) is 67.3 cm³/mol. The van der Waals surface area contributed by atoms with Crippen molar-refractivity contribution < 1.29 is 4.79 Å². The van der Waals surface area contributed by atoms with Gasteiger partial charge in [0, 0.05) is 6.54 Å². The molecule has 3 heteroatoms. The smallest absolute Gasteiger partial charge is 0.236 e. The van der Waals surface area contributed by atoms with Gasteiger partial charge in [-0.2, -0.15) is 0 Å². The first-order chi connectivity index (χ1) is 7.74. The Balaban J connectivity index is 1.95. The molecule has 0 aliphatic heterocycles. The van der Waals surface area contributed by atoms with E-state index in [1.807, 2.05) is 6.92 Å². The highest BCUT2D eigenvalue weighted by Crippen LogP contribution is 2.31. The van der Waals surface area contributed by atoms with Crippen molar-refractivity contribution >= 4 is 5.91 Å². The third-order valence-corrected chi connectivity index (χ3v) is 3.17. The standard InChI is InChI=1S/C13H26N2O/c1-3-4-5-9-15-13(16)11(2)14-10-8-12-6-7-12/h11-12,14H,3-10H2,1-2H3,(H,15,16). The van der Waals surface area contributed by atoms with Crippen LogP contribution in [0.3, 0.4) is 0 Å². The molecule has 1 aliphatic rings. The molecule has 1 unspecified atom stereocenters. The number of rotatable bonds is 9. The summed E-state index contributed by atoms with van der Waals surface area (Å²) in [6, 6.07) is -0.0413. The lowest BCUT2D eigenvalue weighted by Gasteiger charge is -2.13. The predicted octanol–water partition coefficient (Wildman–Crippen LogP) is 2.07. The number of amides is 1. The minimum atomic E-state index is -0.0413. The quantitative estimate of drug-likeness (QED) is 0.591. The zero-order chi connectivity index (χ0) is 11.8. The molecule has 1 amide bonds. The molecule has 1 atom stereocenters. The number of hydrogen-bond acceptors (Lipinski definition) is 2. The number of carbonyl (C=O) groups excluding carboxylic acids is 1. The second kappa shape index (κ2) is 7.66. The molecule has 0 heterocycles. The van der Waals surface area contributed by atoms with E-state index >= 15 is 0 Å². The minimum Gasteiger partial charge on any atom is -0.355 e. The van der Waals surface area contributed by atoms with E-state index in [0.717, 1.165) is 25.4 Å². The van der Waals surface area contributed by atoms with E-state index in [1.165, 1.54) is 32.1 Å². The van der Waals surface area contributed by atoms with E-state index in [2.05, 4.69) is 17.6 Å². The average molecular weight is 226 g/mol. The van der Waals surface area contributed by atoms with Crippen LogP contribution in [0.4, 0.5) is 0 Å².